The Balaban J connectivity index is 2.38. The average molecular weight is 331 g/mol. The number of rotatable bonds is 2. The number of nitrogens with zero attached hydrogens (tertiary/aromatic N) is 1. The van der Waals surface area contributed by atoms with E-state index in [4.69, 9.17) is 5.26 Å². The van der Waals surface area contributed by atoms with Crippen molar-refractivity contribution in [1.82, 2.24) is 5.32 Å². The highest BCUT2D eigenvalue weighted by Crippen LogP contribution is 2.27. The van der Waals surface area contributed by atoms with E-state index in [1.54, 1.807) is 0 Å². The number of nitriles is 1. The van der Waals surface area contributed by atoms with E-state index < -0.39 is 0 Å². The van der Waals surface area contributed by atoms with E-state index >= 15 is 0 Å². The molecule has 1 aliphatic heterocycles. The van der Waals surface area contributed by atoms with Crippen molar-refractivity contribution >= 4 is 27.9 Å². The molecule has 3 nitrogen and oxygen atoms in total. The topological polar surface area (TPSA) is 52.9 Å². The molecule has 1 N–H and O–H groups in total. The summed E-state index contributed by atoms with van der Waals surface area (Å²) in [5.74, 6) is -0.296. The fourth-order valence-corrected chi connectivity index (χ4v) is 2.61. The average Bonchev–Trinajstić information content (AvgIpc) is 2.36. The Bertz CT molecular complexity index is 651. The lowest BCUT2D eigenvalue weighted by Gasteiger charge is -2.31. The van der Waals surface area contributed by atoms with E-state index in [-0.39, 0.29) is 17.0 Å². The van der Waals surface area contributed by atoms with E-state index in [0.717, 1.165) is 15.6 Å². The van der Waals surface area contributed by atoms with Crippen LogP contribution in [0.3, 0.4) is 0 Å². The molecule has 2 rings (SSSR count). The van der Waals surface area contributed by atoms with E-state index in [1.165, 1.54) is 0 Å². The Morgan fingerprint density at radius 1 is 1.35 bits per heavy atom. The Labute approximate surface area is 127 Å². The molecule has 0 bridgehead atoms. The van der Waals surface area contributed by atoms with Gasteiger partial charge < -0.3 is 5.32 Å². The maximum Gasteiger partial charge on any atom is 0.262 e. The van der Waals surface area contributed by atoms with Crippen molar-refractivity contribution in [2.45, 2.75) is 25.8 Å². The number of hydrogen-bond donors (Lipinski definition) is 1. The van der Waals surface area contributed by atoms with Crippen LogP contribution in [0.4, 0.5) is 0 Å². The van der Waals surface area contributed by atoms with Crippen molar-refractivity contribution in [2.75, 3.05) is 0 Å². The van der Waals surface area contributed by atoms with Gasteiger partial charge in [0.25, 0.3) is 5.91 Å². The smallest absolute Gasteiger partial charge is 0.262 e. The van der Waals surface area contributed by atoms with Crippen LogP contribution in [0, 0.1) is 11.3 Å². The van der Waals surface area contributed by atoms with Gasteiger partial charge in [-0.2, -0.15) is 5.26 Å². The highest BCUT2D eigenvalue weighted by molar-refractivity contribution is 9.10. The fraction of sp³-hybridized carbons (Fsp3) is 0.250. The van der Waals surface area contributed by atoms with Gasteiger partial charge in [-0.1, -0.05) is 46.3 Å². The summed E-state index contributed by atoms with van der Waals surface area (Å²) >= 11 is 3.48. The van der Waals surface area contributed by atoms with E-state index in [0.29, 0.717) is 6.42 Å². The minimum absolute atomic E-state index is 0.202. The number of allylic oxidation sites excluding steroid dienone is 1. The Morgan fingerprint density at radius 2 is 2.05 bits per heavy atom. The van der Waals surface area contributed by atoms with E-state index in [9.17, 15) is 4.79 Å². The molecule has 1 heterocycles. The van der Waals surface area contributed by atoms with Gasteiger partial charge in [0, 0.05) is 10.0 Å². The van der Waals surface area contributed by atoms with Crippen LogP contribution in [-0.2, 0) is 4.79 Å². The number of amides is 1. The zero-order chi connectivity index (χ0) is 14.8. The molecule has 1 aromatic rings. The summed E-state index contributed by atoms with van der Waals surface area (Å²) < 4.78 is 0.981. The largest absolute Gasteiger partial charge is 0.346 e. The quantitative estimate of drug-likeness (QED) is 0.900. The molecule has 0 saturated heterocycles. The number of carbonyl (C=O) groups excluding carboxylic acids is 1. The summed E-state index contributed by atoms with van der Waals surface area (Å²) in [5, 5.41) is 12.0. The molecule has 0 radical (unpaired) electrons. The van der Waals surface area contributed by atoms with E-state index in [2.05, 4.69) is 21.2 Å². The highest BCUT2D eigenvalue weighted by atomic mass is 79.9. The van der Waals surface area contributed by atoms with Crippen LogP contribution < -0.4 is 5.32 Å². The van der Waals surface area contributed by atoms with Crippen LogP contribution in [0.2, 0.25) is 0 Å². The lowest BCUT2D eigenvalue weighted by atomic mass is 9.87. The second-order valence-corrected chi connectivity index (χ2v) is 6.24. The predicted octanol–water partition coefficient (Wildman–Crippen LogP) is 3.58. The first kappa shape index (κ1) is 14.5. The maximum absolute atomic E-state index is 11.9. The van der Waals surface area contributed by atoms with Gasteiger partial charge in [0.1, 0.15) is 11.6 Å². The second-order valence-electron chi connectivity index (χ2n) is 5.38. The van der Waals surface area contributed by atoms with Crippen molar-refractivity contribution in [3.8, 4) is 6.07 Å². The monoisotopic (exact) mass is 330 g/mol. The van der Waals surface area contributed by atoms with Gasteiger partial charge in [0.2, 0.25) is 0 Å². The molecule has 102 valence electrons. The third-order valence-corrected chi connectivity index (χ3v) is 3.84. The van der Waals surface area contributed by atoms with Crippen molar-refractivity contribution in [1.29, 1.82) is 5.26 Å². The molecular formula is C16H15BrN2O. The predicted molar refractivity (Wildman–Crippen MR) is 82.7 cm³/mol. The van der Waals surface area contributed by atoms with Crippen molar-refractivity contribution in [3.63, 3.8) is 0 Å². The third-order valence-electron chi connectivity index (χ3n) is 3.11. The number of nitrogens with one attached hydrogen (secondary N) is 1. The van der Waals surface area contributed by atoms with Gasteiger partial charge in [-0.15, -0.1) is 0 Å². The van der Waals surface area contributed by atoms with Gasteiger partial charge in [-0.3, -0.25) is 4.79 Å². The summed E-state index contributed by atoms with van der Waals surface area (Å²) in [6.07, 6.45) is 4.42. The van der Waals surface area contributed by atoms with Crippen molar-refractivity contribution in [3.05, 3.63) is 51.5 Å². The number of carbonyl (C=O) groups is 1. The minimum atomic E-state index is -0.328. The molecule has 0 saturated carbocycles. The minimum Gasteiger partial charge on any atom is -0.346 e. The van der Waals surface area contributed by atoms with Gasteiger partial charge in [-0.05, 0) is 37.5 Å². The standard InChI is InChI=1S/C16H15BrN2O/c1-16(2)9-12(13(10-18)15(20)19-16)8-7-11-5-3-4-6-14(11)17/h3-8H,9H2,1-2H3,(H,19,20)/b8-7+. The SMILES string of the molecule is CC1(C)CC(/C=C/c2ccccc2Br)=C(C#N)C(=O)N1. The molecule has 1 amide bonds. The molecular weight excluding hydrogens is 316 g/mol. The first-order valence-corrected chi connectivity index (χ1v) is 7.10. The van der Waals surface area contributed by atoms with Gasteiger partial charge in [-0.25, -0.2) is 0 Å². The molecule has 0 aliphatic carbocycles. The number of benzene rings is 1. The normalized spacial score (nSPS) is 18.0. The highest BCUT2D eigenvalue weighted by Gasteiger charge is 2.30. The summed E-state index contributed by atoms with van der Waals surface area (Å²) in [6, 6.07) is 9.81. The third kappa shape index (κ3) is 3.17. The number of halogens is 1. The first-order chi connectivity index (χ1) is 9.43. The summed E-state index contributed by atoms with van der Waals surface area (Å²) in [4.78, 5) is 11.9. The lowest BCUT2D eigenvalue weighted by Crippen LogP contribution is -2.47. The van der Waals surface area contributed by atoms with Gasteiger partial charge >= 0.3 is 0 Å². The molecule has 0 spiro atoms. The molecule has 0 aromatic heterocycles. The Hall–Kier alpha value is -1.86. The van der Waals surface area contributed by atoms with Gasteiger partial charge in [0.15, 0.2) is 0 Å². The zero-order valence-electron chi connectivity index (χ0n) is 11.4. The van der Waals surface area contributed by atoms with Crippen LogP contribution in [0.15, 0.2) is 46.0 Å². The summed E-state index contributed by atoms with van der Waals surface area (Å²) in [5.41, 5.74) is 1.66. The molecule has 1 aliphatic rings. The molecule has 1 aromatic carbocycles. The van der Waals surface area contributed by atoms with Crippen LogP contribution in [0.25, 0.3) is 6.08 Å². The molecule has 0 fully saturated rings. The van der Waals surface area contributed by atoms with Crippen molar-refractivity contribution < 1.29 is 4.79 Å². The second kappa shape index (κ2) is 5.64. The van der Waals surface area contributed by atoms with Crippen molar-refractivity contribution in [2.24, 2.45) is 0 Å². The fourth-order valence-electron chi connectivity index (χ4n) is 2.19. The Kier molecular flexibility index (Phi) is 4.10. The van der Waals surface area contributed by atoms with Crippen LogP contribution in [0.1, 0.15) is 25.8 Å². The molecule has 0 unspecified atom stereocenters. The van der Waals surface area contributed by atoms with E-state index in [1.807, 2.05) is 56.3 Å². The van der Waals surface area contributed by atoms with Crippen LogP contribution in [-0.4, -0.2) is 11.4 Å². The lowest BCUT2D eigenvalue weighted by molar-refractivity contribution is -0.119. The Morgan fingerprint density at radius 3 is 2.70 bits per heavy atom. The molecule has 20 heavy (non-hydrogen) atoms. The first-order valence-electron chi connectivity index (χ1n) is 6.31. The van der Waals surface area contributed by atoms with Crippen LogP contribution >= 0.6 is 15.9 Å². The summed E-state index contributed by atoms with van der Waals surface area (Å²) in [7, 11) is 0. The zero-order valence-corrected chi connectivity index (χ0v) is 13.0. The van der Waals surface area contributed by atoms with Crippen LogP contribution in [0.5, 0.6) is 0 Å². The molecule has 4 heteroatoms. The molecule has 0 atom stereocenters. The van der Waals surface area contributed by atoms with Gasteiger partial charge in [0.05, 0.1) is 0 Å². The maximum atomic E-state index is 11.9. The summed E-state index contributed by atoms with van der Waals surface area (Å²) in [6.45, 7) is 3.90. The number of hydrogen-bond acceptors (Lipinski definition) is 2.